The molecule has 0 saturated carbocycles. The highest BCUT2D eigenvalue weighted by Gasteiger charge is 2.51. The average Bonchev–Trinajstić information content (AvgIpc) is 2.67. The van der Waals surface area contributed by atoms with E-state index in [1.54, 1.807) is 6.34 Å². The van der Waals surface area contributed by atoms with Crippen LogP contribution in [-0.4, -0.2) is 28.6 Å². The minimum Gasteiger partial charge on any atom is -0.268 e. The van der Waals surface area contributed by atoms with E-state index < -0.39 is 0 Å². The van der Waals surface area contributed by atoms with Crippen LogP contribution < -0.4 is 0 Å². The summed E-state index contributed by atoms with van der Waals surface area (Å²) in [6.07, 6.45) is 12.5. The molecule has 0 aromatic rings. The molecular weight excluding hydrogens is 240 g/mol. The first kappa shape index (κ1) is 10.4. The minimum atomic E-state index is 0.0343. The molecule has 0 aromatic heterocycles. The van der Waals surface area contributed by atoms with Crippen LogP contribution in [0, 0.1) is 5.92 Å². The molecule has 0 radical (unpaired) electrons. The van der Waals surface area contributed by atoms with E-state index in [4.69, 9.17) is 0 Å². The summed E-state index contributed by atoms with van der Waals surface area (Å²) in [4.78, 5) is 8.83. The van der Waals surface area contributed by atoms with E-state index in [1.807, 2.05) is 23.9 Å². The second-order valence-electron chi connectivity index (χ2n) is 5.15. The van der Waals surface area contributed by atoms with Crippen molar-refractivity contribution in [2.24, 2.45) is 15.9 Å². The molecule has 2 aliphatic heterocycles. The third-order valence-electron chi connectivity index (χ3n) is 3.93. The third kappa shape index (κ3) is 1.33. The lowest BCUT2D eigenvalue weighted by molar-refractivity contribution is 0.507. The van der Waals surface area contributed by atoms with Crippen molar-refractivity contribution in [2.75, 3.05) is 0 Å². The highest BCUT2D eigenvalue weighted by Crippen LogP contribution is 2.52. The summed E-state index contributed by atoms with van der Waals surface area (Å²) in [5, 5.41) is 0.491. The fourth-order valence-electron chi connectivity index (χ4n) is 3.06. The topological polar surface area (TPSA) is 24.7 Å². The van der Waals surface area contributed by atoms with E-state index in [0.29, 0.717) is 17.2 Å². The lowest BCUT2D eigenvalue weighted by Crippen LogP contribution is -2.37. The van der Waals surface area contributed by atoms with Gasteiger partial charge in [-0.1, -0.05) is 23.6 Å². The van der Waals surface area contributed by atoms with Gasteiger partial charge in [0.2, 0.25) is 0 Å². The van der Waals surface area contributed by atoms with Crippen molar-refractivity contribution in [3.05, 3.63) is 46.9 Å². The molecule has 4 rings (SSSR count). The van der Waals surface area contributed by atoms with E-state index >= 15 is 0 Å². The molecule has 2 aliphatic carbocycles. The minimum absolute atomic E-state index is 0.0343. The Morgan fingerprint density at radius 2 is 2.00 bits per heavy atom. The number of thioether (sulfide) groups is 1. The first-order valence-corrected chi connectivity index (χ1v) is 7.00. The SMILES string of the molecule is CC12C=NC=NC1C1C=C3C=C=C=CC3=CC1S2. The summed E-state index contributed by atoms with van der Waals surface area (Å²) in [5.74, 6) is 0.464. The molecule has 4 atom stereocenters. The maximum atomic E-state index is 4.61. The van der Waals surface area contributed by atoms with Gasteiger partial charge in [-0.2, -0.15) is 0 Å². The van der Waals surface area contributed by atoms with Gasteiger partial charge in [0.25, 0.3) is 0 Å². The van der Waals surface area contributed by atoms with Gasteiger partial charge in [0, 0.05) is 17.4 Å². The van der Waals surface area contributed by atoms with Crippen LogP contribution in [0.4, 0.5) is 0 Å². The van der Waals surface area contributed by atoms with Crippen LogP contribution in [0.2, 0.25) is 0 Å². The molecule has 4 unspecified atom stereocenters. The molecular formula is C15H12N2S. The van der Waals surface area contributed by atoms with Crippen LogP contribution in [0.3, 0.4) is 0 Å². The number of hydrogen-bond donors (Lipinski definition) is 0. The standard InChI is InChI=1S/C15H12N2S/c1-15-8-16-9-17-14(15)12-6-10-4-2-3-5-11(10)7-13(12)18-15/h4-9,12-14H,1H3. The van der Waals surface area contributed by atoms with Crippen LogP contribution in [0.1, 0.15) is 6.92 Å². The van der Waals surface area contributed by atoms with E-state index in [2.05, 4.69) is 46.7 Å². The van der Waals surface area contributed by atoms with Gasteiger partial charge in [-0.05, 0) is 30.2 Å². The van der Waals surface area contributed by atoms with Crippen molar-refractivity contribution in [1.29, 1.82) is 0 Å². The summed E-state index contributed by atoms with van der Waals surface area (Å²) in [7, 11) is 0. The van der Waals surface area contributed by atoms with Crippen molar-refractivity contribution in [3.8, 4) is 0 Å². The molecule has 0 N–H and O–H groups in total. The van der Waals surface area contributed by atoms with Gasteiger partial charge < -0.3 is 0 Å². The zero-order valence-electron chi connectivity index (χ0n) is 10.00. The summed E-state index contributed by atoms with van der Waals surface area (Å²) in [6, 6.07) is 0.304. The van der Waals surface area contributed by atoms with Gasteiger partial charge in [0.1, 0.15) is 6.34 Å². The Morgan fingerprint density at radius 1 is 1.22 bits per heavy atom. The molecule has 18 heavy (non-hydrogen) atoms. The zero-order chi connectivity index (χ0) is 12.2. The summed E-state index contributed by atoms with van der Waals surface area (Å²) >= 11 is 1.97. The lowest BCUT2D eigenvalue weighted by atomic mass is 9.81. The van der Waals surface area contributed by atoms with Gasteiger partial charge in [0.05, 0.1) is 10.8 Å². The zero-order valence-corrected chi connectivity index (χ0v) is 10.8. The van der Waals surface area contributed by atoms with Gasteiger partial charge in [-0.25, -0.2) is 4.99 Å². The molecule has 4 aliphatic rings. The maximum absolute atomic E-state index is 4.61. The monoisotopic (exact) mass is 252 g/mol. The molecule has 0 bridgehead atoms. The first-order valence-electron chi connectivity index (χ1n) is 6.12. The van der Waals surface area contributed by atoms with Crippen LogP contribution >= 0.6 is 11.8 Å². The quantitative estimate of drug-likeness (QED) is 0.608. The van der Waals surface area contributed by atoms with Gasteiger partial charge in [-0.3, -0.25) is 4.99 Å². The first-order chi connectivity index (χ1) is 8.76. The highest BCUT2D eigenvalue weighted by molar-refractivity contribution is 8.02. The van der Waals surface area contributed by atoms with Gasteiger partial charge in [0.15, 0.2) is 0 Å². The van der Waals surface area contributed by atoms with Crippen molar-refractivity contribution in [3.63, 3.8) is 0 Å². The Kier molecular flexibility index (Phi) is 2.02. The molecule has 2 heterocycles. The van der Waals surface area contributed by atoms with E-state index in [-0.39, 0.29) is 4.75 Å². The predicted octanol–water partition coefficient (Wildman–Crippen LogP) is 2.70. The second kappa shape index (κ2) is 3.49. The smallest absolute Gasteiger partial charge is 0.109 e. The average molecular weight is 252 g/mol. The second-order valence-corrected chi connectivity index (χ2v) is 6.81. The molecule has 0 amide bonds. The Morgan fingerprint density at radius 3 is 2.83 bits per heavy atom. The summed E-state index contributed by atoms with van der Waals surface area (Å²) < 4.78 is 0.0343. The molecule has 0 aromatic carbocycles. The Bertz CT molecular complexity index is 639. The Hall–Kier alpha value is -1.53. The molecule has 1 saturated heterocycles. The van der Waals surface area contributed by atoms with Gasteiger partial charge >= 0.3 is 0 Å². The number of allylic oxidation sites excluding steroid dienone is 4. The molecule has 0 spiro atoms. The number of rotatable bonds is 0. The van der Waals surface area contributed by atoms with Crippen molar-refractivity contribution >= 4 is 24.3 Å². The van der Waals surface area contributed by atoms with Crippen molar-refractivity contribution < 1.29 is 0 Å². The molecule has 2 nitrogen and oxygen atoms in total. The normalized spacial score (nSPS) is 42.2. The van der Waals surface area contributed by atoms with Crippen molar-refractivity contribution in [2.45, 2.75) is 23.0 Å². The number of aliphatic imine (C=N–C) groups is 2. The highest BCUT2D eigenvalue weighted by atomic mass is 32.2. The van der Waals surface area contributed by atoms with E-state index in [9.17, 15) is 0 Å². The fourth-order valence-corrected chi connectivity index (χ4v) is 4.72. The molecule has 3 heteroatoms. The predicted molar refractivity (Wildman–Crippen MR) is 76.4 cm³/mol. The largest absolute Gasteiger partial charge is 0.268 e. The molecule has 88 valence electrons. The van der Waals surface area contributed by atoms with Gasteiger partial charge in [-0.15, -0.1) is 11.8 Å². The van der Waals surface area contributed by atoms with Crippen LogP contribution in [0.15, 0.2) is 56.9 Å². The Balaban J connectivity index is 1.81. The van der Waals surface area contributed by atoms with Crippen LogP contribution in [0.25, 0.3) is 0 Å². The summed E-state index contributed by atoms with van der Waals surface area (Å²) in [5.41, 5.74) is 8.60. The summed E-state index contributed by atoms with van der Waals surface area (Å²) in [6.45, 7) is 2.24. The van der Waals surface area contributed by atoms with E-state index in [1.165, 1.54) is 11.1 Å². The van der Waals surface area contributed by atoms with Crippen LogP contribution in [-0.2, 0) is 0 Å². The van der Waals surface area contributed by atoms with Crippen molar-refractivity contribution in [1.82, 2.24) is 0 Å². The lowest BCUT2D eigenvalue weighted by Gasteiger charge is -2.27. The fraction of sp³-hybridized carbons (Fsp3) is 0.333. The van der Waals surface area contributed by atoms with E-state index in [0.717, 1.165) is 0 Å². The Labute approximate surface area is 110 Å². The third-order valence-corrected chi connectivity index (χ3v) is 5.51. The van der Waals surface area contributed by atoms with Crippen LogP contribution in [0.5, 0.6) is 0 Å². The maximum Gasteiger partial charge on any atom is 0.109 e. The number of hydrogen-bond acceptors (Lipinski definition) is 3. The number of nitrogens with zero attached hydrogens (tertiary/aromatic N) is 2. The number of fused-ring (bicyclic) bond motifs is 4. The molecule has 1 fully saturated rings.